The van der Waals surface area contributed by atoms with Gasteiger partial charge in [0.2, 0.25) is 0 Å². The third-order valence-corrected chi connectivity index (χ3v) is 7.68. The van der Waals surface area contributed by atoms with Crippen molar-refractivity contribution in [2.45, 2.75) is 81.9 Å². The Labute approximate surface area is 197 Å². The van der Waals surface area contributed by atoms with Crippen LogP contribution >= 0.6 is 11.8 Å². The van der Waals surface area contributed by atoms with Gasteiger partial charge in [-0.1, -0.05) is 52.0 Å². The van der Waals surface area contributed by atoms with Crippen molar-refractivity contribution < 1.29 is 18.9 Å². The maximum Gasteiger partial charge on any atom is 0.163 e. The van der Waals surface area contributed by atoms with Crippen LogP contribution in [0.1, 0.15) is 64.5 Å². The standard InChI is InChI=1S/C27H36O4S/c1-17(2)19-7-11-21(12-8-19)28-15-23-25-26(31-27(5,6)30-25)24(32-23)16-29-22-13-9-20(10-14-22)18(3)4/h7-14,17-18,23-26H,15-16H2,1-6H3/t23-,24-,25-,26-/m0/s1. The normalized spacial score (nSPS) is 26.5. The summed E-state index contributed by atoms with van der Waals surface area (Å²) in [5.41, 5.74) is 2.64. The summed E-state index contributed by atoms with van der Waals surface area (Å²) in [6.07, 6.45) is 0.00343. The number of ether oxygens (including phenoxy) is 4. The van der Waals surface area contributed by atoms with Gasteiger partial charge < -0.3 is 18.9 Å². The molecule has 2 saturated heterocycles. The largest absolute Gasteiger partial charge is 0.492 e. The van der Waals surface area contributed by atoms with Crippen LogP contribution in [-0.4, -0.2) is 41.7 Å². The molecule has 0 unspecified atom stereocenters. The SMILES string of the molecule is CC(C)c1ccc(OC[C@@H]2S[C@@H](COc3ccc(C(C)C)cc3)[C@@H]3OC(C)(C)O[C@H]32)cc1. The molecule has 0 amide bonds. The molecule has 2 heterocycles. The van der Waals surface area contributed by atoms with Crippen LogP contribution in [0.25, 0.3) is 0 Å². The van der Waals surface area contributed by atoms with Gasteiger partial charge in [0.1, 0.15) is 36.9 Å². The van der Waals surface area contributed by atoms with E-state index in [1.165, 1.54) is 11.1 Å². The summed E-state index contributed by atoms with van der Waals surface area (Å²) >= 11 is 1.86. The van der Waals surface area contributed by atoms with Gasteiger partial charge in [-0.3, -0.25) is 0 Å². The molecule has 2 fully saturated rings. The van der Waals surface area contributed by atoms with Gasteiger partial charge in [0, 0.05) is 0 Å². The van der Waals surface area contributed by atoms with Crippen molar-refractivity contribution in [2.75, 3.05) is 13.2 Å². The fourth-order valence-electron chi connectivity index (χ4n) is 4.29. The summed E-state index contributed by atoms with van der Waals surface area (Å²) in [5, 5.41) is 0.395. The van der Waals surface area contributed by atoms with E-state index in [1.54, 1.807) is 0 Å². The van der Waals surface area contributed by atoms with Crippen molar-refractivity contribution >= 4 is 11.8 Å². The minimum Gasteiger partial charge on any atom is -0.492 e. The van der Waals surface area contributed by atoms with Gasteiger partial charge >= 0.3 is 0 Å². The molecule has 0 N–H and O–H groups in total. The molecule has 0 bridgehead atoms. The minimum absolute atomic E-state index is 0.00172. The van der Waals surface area contributed by atoms with Gasteiger partial charge in [0.25, 0.3) is 0 Å². The van der Waals surface area contributed by atoms with E-state index in [-0.39, 0.29) is 22.7 Å². The van der Waals surface area contributed by atoms with Crippen molar-refractivity contribution in [3.8, 4) is 11.5 Å². The molecule has 2 aliphatic rings. The van der Waals surface area contributed by atoms with E-state index in [1.807, 2.05) is 25.6 Å². The Balaban J connectivity index is 1.37. The fraction of sp³-hybridized carbons (Fsp3) is 0.556. The highest BCUT2D eigenvalue weighted by molar-refractivity contribution is 8.01. The molecule has 174 valence electrons. The quantitative estimate of drug-likeness (QED) is 0.460. The lowest BCUT2D eigenvalue weighted by atomic mass is 10.0. The molecule has 0 spiro atoms. The number of fused-ring (bicyclic) bond motifs is 1. The van der Waals surface area contributed by atoms with Crippen LogP contribution in [0.2, 0.25) is 0 Å². The van der Waals surface area contributed by atoms with Gasteiger partial charge in [-0.2, -0.15) is 0 Å². The van der Waals surface area contributed by atoms with E-state index in [0.717, 1.165) is 11.5 Å². The molecular weight excluding hydrogens is 420 g/mol. The third-order valence-electron chi connectivity index (χ3n) is 6.17. The molecule has 2 aromatic rings. The smallest absolute Gasteiger partial charge is 0.163 e. The summed E-state index contributed by atoms with van der Waals surface area (Å²) in [7, 11) is 0. The van der Waals surface area contributed by atoms with Gasteiger partial charge in [0.15, 0.2) is 5.79 Å². The Bertz CT molecular complexity index is 804. The van der Waals surface area contributed by atoms with Crippen molar-refractivity contribution in [1.82, 2.24) is 0 Å². The Morgan fingerprint density at radius 3 is 1.44 bits per heavy atom. The maximum absolute atomic E-state index is 6.27. The van der Waals surface area contributed by atoms with Gasteiger partial charge in [-0.05, 0) is 61.1 Å². The molecule has 4 atom stereocenters. The fourth-order valence-corrected chi connectivity index (χ4v) is 5.77. The van der Waals surface area contributed by atoms with Crippen LogP contribution in [0.15, 0.2) is 48.5 Å². The highest BCUT2D eigenvalue weighted by atomic mass is 32.2. The first kappa shape index (κ1) is 23.5. The van der Waals surface area contributed by atoms with E-state index in [9.17, 15) is 0 Å². The number of rotatable bonds is 8. The summed E-state index contributed by atoms with van der Waals surface area (Å²) in [4.78, 5) is 0. The molecule has 2 aromatic carbocycles. The van der Waals surface area contributed by atoms with Crippen molar-refractivity contribution in [3.05, 3.63) is 59.7 Å². The first-order valence-corrected chi connectivity index (χ1v) is 12.6. The van der Waals surface area contributed by atoms with Gasteiger partial charge in [0.05, 0.1) is 10.5 Å². The Morgan fingerprint density at radius 2 is 1.09 bits per heavy atom. The van der Waals surface area contributed by atoms with Crippen molar-refractivity contribution in [2.24, 2.45) is 0 Å². The maximum atomic E-state index is 6.27. The summed E-state index contributed by atoms with van der Waals surface area (Å²) < 4.78 is 24.8. The van der Waals surface area contributed by atoms with E-state index in [4.69, 9.17) is 18.9 Å². The van der Waals surface area contributed by atoms with E-state index in [2.05, 4.69) is 76.2 Å². The zero-order valence-electron chi connectivity index (χ0n) is 20.0. The van der Waals surface area contributed by atoms with Crippen LogP contribution in [0.4, 0.5) is 0 Å². The lowest BCUT2D eigenvalue weighted by molar-refractivity contribution is -0.148. The van der Waals surface area contributed by atoms with Gasteiger partial charge in [-0.15, -0.1) is 11.8 Å². The molecule has 32 heavy (non-hydrogen) atoms. The second-order valence-electron chi connectivity index (χ2n) is 9.85. The Morgan fingerprint density at radius 1 is 0.719 bits per heavy atom. The van der Waals surface area contributed by atoms with E-state index in [0.29, 0.717) is 25.0 Å². The average Bonchev–Trinajstić information content (AvgIpc) is 3.24. The zero-order chi connectivity index (χ0) is 22.9. The van der Waals surface area contributed by atoms with Crippen molar-refractivity contribution in [3.63, 3.8) is 0 Å². The zero-order valence-corrected chi connectivity index (χ0v) is 20.9. The van der Waals surface area contributed by atoms with Crippen LogP contribution in [0.5, 0.6) is 11.5 Å². The molecule has 0 aliphatic carbocycles. The monoisotopic (exact) mass is 456 g/mol. The molecule has 5 heteroatoms. The number of thioether (sulfide) groups is 1. The molecular formula is C27H36O4S. The first-order chi connectivity index (χ1) is 15.2. The van der Waals surface area contributed by atoms with Crippen LogP contribution < -0.4 is 9.47 Å². The number of hydrogen-bond acceptors (Lipinski definition) is 5. The summed E-state index contributed by atoms with van der Waals surface area (Å²) in [6, 6.07) is 16.8. The third kappa shape index (κ3) is 5.44. The number of benzene rings is 2. The van der Waals surface area contributed by atoms with E-state index < -0.39 is 5.79 Å². The average molecular weight is 457 g/mol. The van der Waals surface area contributed by atoms with Crippen molar-refractivity contribution in [1.29, 1.82) is 0 Å². The van der Waals surface area contributed by atoms with Crippen LogP contribution in [0.3, 0.4) is 0 Å². The second-order valence-corrected chi connectivity index (χ2v) is 11.3. The van der Waals surface area contributed by atoms with Gasteiger partial charge in [-0.25, -0.2) is 0 Å². The highest BCUT2D eigenvalue weighted by Crippen LogP contribution is 2.46. The summed E-state index contributed by atoms with van der Waals surface area (Å²) in [5.74, 6) is 2.25. The van der Waals surface area contributed by atoms with Crippen LogP contribution in [0, 0.1) is 0 Å². The first-order valence-electron chi connectivity index (χ1n) is 11.7. The Hall–Kier alpha value is -1.69. The molecule has 0 radical (unpaired) electrons. The molecule has 0 saturated carbocycles. The molecule has 0 aromatic heterocycles. The summed E-state index contributed by atoms with van der Waals surface area (Å²) in [6.45, 7) is 14.0. The lowest BCUT2D eigenvalue weighted by Crippen LogP contribution is -2.34. The highest BCUT2D eigenvalue weighted by Gasteiger charge is 2.55. The predicted molar refractivity (Wildman–Crippen MR) is 131 cm³/mol. The van der Waals surface area contributed by atoms with Crippen LogP contribution in [-0.2, 0) is 9.47 Å². The lowest BCUT2D eigenvalue weighted by Gasteiger charge is -2.23. The number of hydrogen-bond donors (Lipinski definition) is 0. The molecule has 2 aliphatic heterocycles. The Kier molecular flexibility index (Phi) is 7.09. The molecule has 4 nitrogen and oxygen atoms in total. The predicted octanol–water partition coefficient (Wildman–Crippen LogP) is 6.40. The van der Waals surface area contributed by atoms with E-state index >= 15 is 0 Å². The topological polar surface area (TPSA) is 36.9 Å². The minimum atomic E-state index is -0.579. The second kappa shape index (κ2) is 9.66. The molecule has 4 rings (SSSR count).